The van der Waals surface area contributed by atoms with Crippen LogP contribution in [0.4, 0.5) is 11.4 Å². The highest BCUT2D eigenvalue weighted by Crippen LogP contribution is 2.27. The third-order valence-electron chi connectivity index (χ3n) is 3.21. The van der Waals surface area contributed by atoms with Gasteiger partial charge in [-0.1, -0.05) is 18.2 Å². The third-order valence-corrected chi connectivity index (χ3v) is 3.21. The van der Waals surface area contributed by atoms with Crippen molar-refractivity contribution in [3.8, 4) is 0 Å². The number of nitrogen functional groups attached to an aromatic ring is 1. The average Bonchev–Trinajstić information content (AvgIpc) is 2.82. The normalized spacial score (nSPS) is 17.0. The molecule has 0 saturated carbocycles. The van der Waals surface area contributed by atoms with E-state index >= 15 is 0 Å². The van der Waals surface area contributed by atoms with Crippen LogP contribution in [0.25, 0.3) is 0 Å². The highest BCUT2D eigenvalue weighted by Gasteiger charge is 2.28. The Morgan fingerprint density at radius 1 is 1.33 bits per heavy atom. The SMILES string of the molecule is Nc1ccncc1C(=O)C1Cc2ccccc2N1. The molecule has 0 fully saturated rings. The van der Waals surface area contributed by atoms with E-state index in [4.69, 9.17) is 5.73 Å². The van der Waals surface area contributed by atoms with Crippen molar-refractivity contribution in [1.29, 1.82) is 0 Å². The van der Waals surface area contributed by atoms with Gasteiger partial charge < -0.3 is 11.1 Å². The van der Waals surface area contributed by atoms with Gasteiger partial charge in [0.05, 0.1) is 11.6 Å². The van der Waals surface area contributed by atoms with Crippen molar-refractivity contribution in [3.05, 3.63) is 53.9 Å². The predicted octanol–water partition coefficient (Wildman–Crippen LogP) is 1.88. The lowest BCUT2D eigenvalue weighted by Crippen LogP contribution is -2.27. The van der Waals surface area contributed by atoms with Gasteiger partial charge in [0.25, 0.3) is 0 Å². The van der Waals surface area contributed by atoms with Crippen LogP contribution in [-0.4, -0.2) is 16.8 Å². The Hall–Kier alpha value is -2.36. The number of benzene rings is 1. The summed E-state index contributed by atoms with van der Waals surface area (Å²) in [5.74, 6) is -0.00296. The minimum atomic E-state index is -0.242. The number of nitrogens with zero attached hydrogens (tertiary/aromatic N) is 1. The van der Waals surface area contributed by atoms with Crippen LogP contribution in [0.15, 0.2) is 42.7 Å². The molecule has 1 aliphatic rings. The largest absolute Gasteiger partial charge is 0.398 e. The predicted molar refractivity (Wildman–Crippen MR) is 70.5 cm³/mol. The third kappa shape index (κ3) is 1.72. The van der Waals surface area contributed by atoms with Gasteiger partial charge in [-0.25, -0.2) is 0 Å². The maximum Gasteiger partial charge on any atom is 0.188 e. The summed E-state index contributed by atoms with van der Waals surface area (Å²) in [5.41, 5.74) is 8.96. The molecule has 0 aliphatic carbocycles. The maximum absolute atomic E-state index is 12.4. The molecule has 1 unspecified atom stereocenters. The molecule has 3 rings (SSSR count). The van der Waals surface area contributed by atoms with Crippen LogP contribution in [-0.2, 0) is 6.42 Å². The number of pyridine rings is 1. The molecular formula is C14H13N3O. The zero-order chi connectivity index (χ0) is 12.5. The van der Waals surface area contributed by atoms with E-state index < -0.39 is 0 Å². The average molecular weight is 239 g/mol. The lowest BCUT2D eigenvalue weighted by Gasteiger charge is -2.11. The van der Waals surface area contributed by atoms with E-state index in [0.29, 0.717) is 17.7 Å². The van der Waals surface area contributed by atoms with E-state index in [1.54, 1.807) is 12.3 Å². The van der Waals surface area contributed by atoms with Gasteiger partial charge in [-0.05, 0) is 17.7 Å². The molecule has 2 aromatic rings. The quantitative estimate of drug-likeness (QED) is 0.785. The monoisotopic (exact) mass is 239 g/mol. The molecule has 0 spiro atoms. The number of carbonyl (C=O) groups is 1. The number of hydrogen-bond acceptors (Lipinski definition) is 4. The van der Waals surface area contributed by atoms with Crippen molar-refractivity contribution in [2.24, 2.45) is 0 Å². The summed E-state index contributed by atoms with van der Waals surface area (Å²) in [5, 5.41) is 3.23. The second-order valence-electron chi connectivity index (χ2n) is 4.39. The second kappa shape index (κ2) is 4.14. The summed E-state index contributed by atoms with van der Waals surface area (Å²) < 4.78 is 0. The Morgan fingerprint density at radius 3 is 2.94 bits per heavy atom. The van der Waals surface area contributed by atoms with Crippen LogP contribution in [0.1, 0.15) is 15.9 Å². The first kappa shape index (κ1) is 10.8. The molecule has 1 aromatic carbocycles. The molecule has 0 radical (unpaired) electrons. The minimum absolute atomic E-state index is 0.00296. The molecule has 18 heavy (non-hydrogen) atoms. The second-order valence-corrected chi connectivity index (χ2v) is 4.39. The highest BCUT2D eigenvalue weighted by atomic mass is 16.1. The summed E-state index contributed by atoms with van der Waals surface area (Å²) in [4.78, 5) is 16.3. The molecule has 0 saturated heterocycles. The molecule has 0 bridgehead atoms. The van der Waals surface area contributed by atoms with Gasteiger partial charge in [0.15, 0.2) is 5.78 Å². The van der Waals surface area contributed by atoms with Gasteiger partial charge in [0.1, 0.15) is 0 Å². The first-order chi connectivity index (χ1) is 8.75. The molecule has 2 heterocycles. The van der Waals surface area contributed by atoms with Gasteiger partial charge in [0, 0.05) is 30.2 Å². The number of Topliss-reactive ketones (excluding diaryl/α,β-unsaturated/α-hetero) is 1. The van der Waals surface area contributed by atoms with E-state index in [2.05, 4.69) is 10.3 Å². The lowest BCUT2D eigenvalue weighted by atomic mass is 10.0. The molecule has 0 amide bonds. The van der Waals surface area contributed by atoms with Crippen molar-refractivity contribution >= 4 is 17.2 Å². The Morgan fingerprint density at radius 2 is 2.17 bits per heavy atom. The van der Waals surface area contributed by atoms with Gasteiger partial charge in [-0.2, -0.15) is 0 Å². The first-order valence-corrected chi connectivity index (χ1v) is 5.84. The highest BCUT2D eigenvalue weighted by molar-refractivity contribution is 6.06. The smallest absolute Gasteiger partial charge is 0.188 e. The fourth-order valence-electron chi connectivity index (χ4n) is 2.25. The Balaban J connectivity index is 1.87. The van der Waals surface area contributed by atoms with Crippen molar-refractivity contribution in [3.63, 3.8) is 0 Å². The number of nitrogens with two attached hydrogens (primary N) is 1. The number of hydrogen-bond donors (Lipinski definition) is 2. The fraction of sp³-hybridized carbons (Fsp3) is 0.143. The molecular weight excluding hydrogens is 226 g/mol. The minimum Gasteiger partial charge on any atom is -0.398 e. The molecule has 3 N–H and O–H groups in total. The van der Waals surface area contributed by atoms with Crippen LogP contribution >= 0.6 is 0 Å². The zero-order valence-corrected chi connectivity index (χ0v) is 9.76. The van der Waals surface area contributed by atoms with E-state index in [-0.39, 0.29) is 11.8 Å². The van der Waals surface area contributed by atoms with Gasteiger partial charge in [-0.15, -0.1) is 0 Å². The molecule has 90 valence electrons. The molecule has 1 atom stereocenters. The number of anilines is 2. The summed E-state index contributed by atoms with van der Waals surface area (Å²) in [7, 11) is 0. The van der Waals surface area contributed by atoms with Crippen LogP contribution in [0.2, 0.25) is 0 Å². The summed E-state index contributed by atoms with van der Waals surface area (Å²) in [6.45, 7) is 0. The molecule has 1 aromatic heterocycles. The zero-order valence-electron chi connectivity index (χ0n) is 9.76. The van der Waals surface area contributed by atoms with Crippen molar-refractivity contribution in [2.45, 2.75) is 12.5 Å². The summed E-state index contributed by atoms with van der Waals surface area (Å²) >= 11 is 0. The summed E-state index contributed by atoms with van der Waals surface area (Å²) in [6.07, 6.45) is 3.81. The van der Waals surface area contributed by atoms with E-state index in [1.807, 2.05) is 24.3 Å². The topological polar surface area (TPSA) is 68.0 Å². The van der Waals surface area contributed by atoms with Gasteiger partial charge >= 0.3 is 0 Å². The number of ketones is 1. The number of rotatable bonds is 2. The van der Waals surface area contributed by atoms with E-state index in [9.17, 15) is 4.79 Å². The van der Waals surface area contributed by atoms with Gasteiger partial charge in [0.2, 0.25) is 0 Å². The fourth-order valence-corrected chi connectivity index (χ4v) is 2.25. The van der Waals surface area contributed by atoms with Crippen LogP contribution in [0.5, 0.6) is 0 Å². The number of para-hydroxylation sites is 1. The van der Waals surface area contributed by atoms with Crippen molar-refractivity contribution in [1.82, 2.24) is 4.98 Å². The van der Waals surface area contributed by atoms with Crippen LogP contribution in [0, 0.1) is 0 Å². The number of fused-ring (bicyclic) bond motifs is 1. The van der Waals surface area contributed by atoms with E-state index in [1.165, 1.54) is 11.8 Å². The maximum atomic E-state index is 12.4. The summed E-state index contributed by atoms with van der Waals surface area (Å²) in [6, 6.07) is 9.35. The lowest BCUT2D eigenvalue weighted by molar-refractivity contribution is 0.0972. The van der Waals surface area contributed by atoms with Crippen LogP contribution in [0.3, 0.4) is 0 Å². The standard InChI is InChI=1S/C14H13N3O/c15-11-5-6-16-8-10(11)14(18)13-7-9-3-1-2-4-12(9)17-13/h1-6,8,13,17H,7H2,(H2,15,16). The molecule has 4 nitrogen and oxygen atoms in total. The number of carbonyl (C=O) groups excluding carboxylic acids is 1. The Bertz CT molecular complexity index is 584. The van der Waals surface area contributed by atoms with Crippen LogP contribution < -0.4 is 11.1 Å². The Kier molecular flexibility index (Phi) is 2.48. The van der Waals surface area contributed by atoms with Gasteiger partial charge in [-0.3, -0.25) is 9.78 Å². The number of aromatic nitrogens is 1. The van der Waals surface area contributed by atoms with Crippen molar-refractivity contribution in [2.75, 3.05) is 11.1 Å². The molecule has 4 heteroatoms. The number of nitrogens with one attached hydrogen (secondary N) is 1. The van der Waals surface area contributed by atoms with Crippen molar-refractivity contribution < 1.29 is 4.79 Å². The first-order valence-electron chi connectivity index (χ1n) is 5.84. The van der Waals surface area contributed by atoms with E-state index in [0.717, 1.165) is 5.69 Å². The molecule has 1 aliphatic heterocycles. The Labute approximate surface area is 105 Å².